The summed E-state index contributed by atoms with van der Waals surface area (Å²) in [6.45, 7) is 11.6. The minimum absolute atomic E-state index is 0.113. The number of ketones is 1. The van der Waals surface area contributed by atoms with Gasteiger partial charge in [-0.05, 0) is 236 Å². The molecule has 12 N–H and O–H groups in total. The van der Waals surface area contributed by atoms with Crippen LogP contribution in [0.15, 0.2) is 342 Å². The van der Waals surface area contributed by atoms with Crippen molar-refractivity contribution in [3.8, 4) is 45.6 Å². The molecule has 0 unspecified atom stereocenters. The molecule has 21 nitrogen and oxygen atoms in total. The van der Waals surface area contributed by atoms with Crippen LogP contribution in [0.3, 0.4) is 0 Å². The van der Waals surface area contributed by atoms with Gasteiger partial charge in [-0.1, -0.05) is 230 Å². The number of aromatic nitrogens is 13. The lowest BCUT2D eigenvalue weighted by Crippen LogP contribution is -2.36. The Labute approximate surface area is 875 Å². The second-order valence-electron chi connectivity index (χ2n) is 38.1. The smallest absolute Gasteiger partial charge is 0.308 e. The highest BCUT2D eigenvalue weighted by molar-refractivity contribution is 9.11. The zero-order valence-electron chi connectivity index (χ0n) is 79.2. The number of nitrogens with one attached hydrogen (secondary N) is 8. The molecule has 146 heavy (non-hydrogen) atoms. The van der Waals surface area contributed by atoms with Gasteiger partial charge in [-0.25, -0.2) is 32.3 Å². The van der Waals surface area contributed by atoms with Crippen LogP contribution in [-0.4, -0.2) is 102 Å². The van der Waals surface area contributed by atoms with E-state index in [4.69, 9.17) is 41.1 Å². The Kier molecular flexibility index (Phi) is 23.3. The number of hydrogen-bond donors (Lipinski definition) is 10. The third-order valence-electron chi connectivity index (χ3n) is 27.2. The maximum absolute atomic E-state index is 14.5. The van der Waals surface area contributed by atoms with Gasteiger partial charge in [0.1, 0.15) is 23.1 Å². The first kappa shape index (κ1) is 92.9. The fourth-order valence-corrected chi connectivity index (χ4v) is 23.7. The largest absolute Gasteiger partial charge is 0.460 e. The minimum atomic E-state index is -4.06. The van der Waals surface area contributed by atoms with Crippen LogP contribution in [0.1, 0.15) is 55.0 Å². The zero-order chi connectivity index (χ0) is 100. The maximum Gasteiger partial charge on any atom is 0.308 e. The molecule has 0 aliphatic rings. The molecule has 18 aromatic carbocycles. The highest BCUT2D eigenvalue weighted by atomic mass is 79.9. The summed E-state index contributed by atoms with van der Waals surface area (Å²) >= 11 is 17.9. The van der Waals surface area contributed by atoms with Gasteiger partial charge in [0.2, 0.25) is 0 Å². The molecule has 0 radical (unpaired) electrons. The number of H-pyrrole nitrogens is 8. The third kappa shape index (κ3) is 16.8. The molecule has 9 heterocycles. The summed E-state index contributed by atoms with van der Waals surface area (Å²) in [4.78, 5) is 78.2. The number of hydrogen-bond acceptors (Lipinski definition) is 12. The van der Waals surface area contributed by atoms with E-state index in [1.54, 1.807) is 45.0 Å². The molecule has 714 valence electrons. The quantitative estimate of drug-likeness (QED) is 0.0224. The van der Waals surface area contributed by atoms with Crippen LogP contribution in [0.4, 0.5) is 11.4 Å². The molecule has 0 saturated heterocycles. The highest BCUT2D eigenvalue weighted by Crippen LogP contribution is 2.47. The summed E-state index contributed by atoms with van der Waals surface area (Å²) in [6.07, 6.45) is 11.7. The van der Waals surface area contributed by atoms with Crippen molar-refractivity contribution < 1.29 is 22.7 Å². The number of nitrogen functional groups attached to an aromatic ring is 1. The number of esters is 1. The molecule has 0 spiro atoms. The number of ether oxygens (including phenoxy) is 1. The molecule has 0 aliphatic carbocycles. The second-order valence-corrected chi connectivity index (χ2v) is 44.5. The van der Waals surface area contributed by atoms with Crippen LogP contribution < -0.4 is 11.5 Å². The molecule has 0 aliphatic heterocycles. The lowest BCUT2D eigenvalue weighted by molar-refractivity contribution is -0.156. The van der Waals surface area contributed by atoms with Crippen LogP contribution in [0.2, 0.25) is 0 Å². The first-order chi connectivity index (χ1) is 70.6. The summed E-state index contributed by atoms with van der Waals surface area (Å²) in [5.41, 5.74) is 34.4. The molecule has 1 atom stereocenters. The van der Waals surface area contributed by atoms with Crippen LogP contribution in [0, 0.1) is 20.8 Å². The van der Waals surface area contributed by atoms with Crippen molar-refractivity contribution in [2.75, 3.05) is 5.73 Å². The van der Waals surface area contributed by atoms with Gasteiger partial charge in [-0.2, -0.15) is 0 Å². The van der Waals surface area contributed by atoms with E-state index >= 15 is 0 Å². The lowest BCUT2D eigenvalue weighted by atomic mass is 9.95. The molecule has 27 rings (SSSR count). The average Bonchev–Trinajstić information content (AvgIpc) is 1.53. The van der Waals surface area contributed by atoms with Crippen molar-refractivity contribution in [1.82, 2.24) is 63.8 Å². The SMILES string of the molecule is Brc1ccc2[nH]cc(C=Nc3ccc4c5ccccc5c5nc(-c6c[nH]c7ccc(Br)cc67)[nH]c5c4c3)c2c1.CC(C)(C)OC(=O)C[C@H](N)C(=O)Cc1ccc2c3ccccc3c3[nH]c(-c4c[nH]c5ccc(Br)cc45)nc3c2c1.Cc1ccc(S(=O)(=O)n2c(-c3c[nH]c4ccc(Br)cc34)nc3c4ccccc4c4ccc(N)cc4c32)cc1.Cc1ccc2c3ccc(C)cc3c3[nH]c(-c4c[nH]c5ccc(Br)cc45)nc3c2c1. The maximum atomic E-state index is 14.5. The van der Waals surface area contributed by atoms with E-state index < -0.39 is 27.6 Å². The number of Topliss-reactive ketones (excluding diaryl/α,β-unsaturated/α-hetero) is 1. The monoisotopic (exact) mass is 2250 g/mol. The summed E-state index contributed by atoms with van der Waals surface area (Å²) < 4.78 is 40.7. The normalized spacial score (nSPS) is 12.4. The number of benzene rings is 18. The Morgan fingerprint density at radius 1 is 0.390 bits per heavy atom. The number of aromatic amines is 8. The standard InChI is InChI=1S/C32H19Br2N5.C32H29BrN4O3.C30H21BrN4O2S.C25H18BrN3/c33-18-5-9-28-24(11-18)17(15-36-28)14-35-20-7-8-22-21-3-1-2-4-23(21)30-31(26(22)13-20)39-32(38-30)27-16-37-29-10-6-19(34)12-25(27)29;1-32(2,3)40-28(39)15-25(34)27(38)13-17-8-10-20-19-6-4-5-7-21(19)29-30(23(20)12-17)37-31(36-29)24-16-35-26-11-9-18(33)14-22(24)26;1-17-6-10-20(11-7-17)38(36,37)35-29-25-15-19(32)9-12-22(25)21-4-2-3-5-23(21)28(29)34-30(35)26-16-33-27-13-8-18(31)14-24(26)27;1-13-3-6-16-17-7-4-14(2)10-20(17)24-23(19(16)9-13)28-25(29-24)21-12-27-22-8-5-15(26)11-18(21)22/h1-16,36-37H,(H,38,39);4-12,14,16,25,35H,13,15,34H2,1-3H3,(H,36,37);2-16,33H,32H2,1H3;3-12,27H,1-2H3,(H,28,29)/t;25-;;/m.0../s1. The van der Waals surface area contributed by atoms with E-state index in [2.05, 4.69) is 267 Å². The number of carbonyl (C=O) groups is 2. The van der Waals surface area contributed by atoms with E-state index in [1.165, 1.54) is 47.4 Å². The van der Waals surface area contributed by atoms with Gasteiger partial charge in [0.05, 0.1) is 67.2 Å². The average molecular weight is 2250 g/mol. The number of halogens is 5. The first-order valence-electron chi connectivity index (χ1n) is 47.4. The molecule has 0 saturated carbocycles. The van der Waals surface area contributed by atoms with Crippen molar-refractivity contribution >= 4 is 304 Å². The Morgan fingerprint density at radius 3 is 1.31 bits per heavy atom. The Balaban J connectivity index is 0.000000105. The molecular formula is C119H87Br5N16O5S. The summed E-state index contributed by atoms with van der Waals surface area (Å²) in [7, 11) is -4.06. The van der Waals surface area contributed by atoms with E-state index in [-0.39, 0.29) is 23.5 Å². The van der Waals surface area contributed by atoms with Crippen molar-refractivity contribution in [3.05, 3.63) is 360 Å². The lowest BCUT2D eigenvalue weighted by Gasteiger charge is -2.20. The van der Waals surface area contributed by atoms with Gasteiger partial charge >= 0.3 is 5.97 Å². The topological polar surface area (TPSA) is 325 Å². The number of aliphatic imine (C=N–C) groups is 1. The minimum Gasteiger partial charge on any atom is -0.460 e. The predicted molar refractivity (Wildman–Crippen MR) is 616 cm³/mol. The third-order valence-corrected chi connectivity index (χ3v) is 31.4. The number of aryl methyl sites for hydroxylation is 3. The summed E-state index contributed by atoms with van der Waals surface area (Å²) in [5, 5.41) is 22.5. The van der Waals surface area contributed by atoms with E-state index in [0.717, 1.165) is 220 Å². The number of anilines is 1. The zero-order valence-corrected chi connectivity index (χ0v) is 87.9. The van der Waals surface area contributed by atoms with Gasteiger partial charge in [0, 0.05) is 197 Å². The number of carbonyl (C=O) groups excluding carboxylic acids is 2. The van der Waals surface area contributed by atoms with Crippen LogP contribution in [-0.2, 0) is 30.8 Å². The molecule has 0 bridgehead atoms. The Morgan fingerprint density at radius 2 is 0.781 bits per heavy atom. The predicted octanol–water partition coefficient (Wildman–Crippen LogP) is 31.5. The molecule has 27 heteroatoms. The van der Waals surface area contributed by atoms with Crippen molar-refractivity contribution in [3.63, 3.8) is 0 Å². The van der Waals surface area contributed by atoms with Crippen LogP contribution in [0.5, 0.6) is 0 Å². The Hall–Kier alpha value is -15.5. The van der Waals surface area contributed by atoms with Crippen LogP contribution in [0.25, 0.3) is 230 Å². The van der Waals surface area contributed by atoms with E-state index in [9.17, 15) is 18.0 Å². The Bertz CT molecular complexity index is 10200. The first-order valence-corrected chi connectivity index (χ1v) is 52.8. The van der Waals surface area contributed by atoms with Crippen molar-refractivity contribution in [2.24, 2.45) is 10.7 Å². The highest BCUT2D eigenvalue weighted by Gasteiger charge is 2.32. The van der Waals surface area contributed by atoms with E-state index in [1.807, 2.05) is 165 Å². The number of rotatable bonds is 13. The fourth-order valence-electron chi connectivity index (χ4n) is 20.4. The number of fused-ring (bicyclic) bond motifs is 29. The van der Waals surface area contributed by atoms with Crippen LogP contribution >= 0.6 is 79.6 Å². The molecule has 27 aromatic rings. The number of nitrogens with zero attached hydrogens (tertiary/aromatic N) is 6. The van der Waals surface area contributed by atoms with Gasteiger partial charge in [-0.3, -0.25) is 14.6 Å². The molecule has 0 fully saturated rings. The number of nitrogens with two attached hydrogens (primary N) is 2. The van der Waals surface area contributed by atoms with Crippen molar-refractivity contribution in [1.29, 1.82) is 0 Å². The van der Waals surface area contributed by atoms with Gasteiger partial charge in [0.15, 0.2) is 11.6 Å². The van der Waals surface area contributed by atoms with Gasteiger partial charge in [-0.15, -0.1) is 0 Å². The summed E-state index contributed by atoms with van der Waals surface area (Å²) in [6, 6.07) is 92.7. The molecule has 0 amide bonds. The van der Waals surface area contributed by atoms with E-state index in [0.29, 0.717) is 28.1 Å². The number of imidazole rings is 4. The van der Waals surface area contributed by atoms with Gasteiger partial charge in [0.25, 0.3) is 10.0 Å². The fraction of sp³-hybridized carbons (Fsp3) is 0.0840. The van der Waals surface area contributed by atoms with Crippen molar-refractivity contribution in [2.45, 2.75) is 70.9 Å². The molecule has 9 aromatic heterocycles. The second kappa shape index (κ2) is 36.7. The van der Waals surface area contributed by atoms with Gasteiger partial charge < -0.3 is 56.1 Å². The molecular weight excluding hydrogens is 2170 g/mol. The summed E-state index contributed by atoms with van der Waals surface area (Å²) in [5.74, 6) is 2.14.